The molecule has 0 aromatic heterocycles. The zero-order valence-electron chi connectivity index (χ0n) is 12.4. The van der Waals surface area contributed by atoms with Crippen LogP contribution < -0.4 is 14.8 Å². The second-order valence-electron chi connectivity index (χ2n) is 5.43. The molecule has 2 heterocycles. The van der Waals surface area contributed by atoms with Crippen molar-refractivity contribution in [2.45, 2.75) is 12.5 Å². The van der Waals surface area contributed by atoms with E-state index in [2.05, 4.69) is 5.32 Å². The fraction of sp³-hybridized carbons (Fsp3) is 0.176. The molecule has 7 heteroatoms. The topological polar surface area (TPSA) is 73.9 Å². The number of carbonyl (C=O) groups is 2. The molecular weight excluding hydrogens is 334 g/mol. The van der Waals surface area contributed by atoms with Crippen molar-refractivity contribution >= 4 is 29.2 Å². The van der Waals surface area contributed by atoms with Crippen molar-refractivity contribution in [2.75, 3.05) is 12.1 Å². The number of nitrogens with one attached hydrogen (secondary N) is 1. The molecule has 24 heavy (non-hydrogen) atoms. The summed E-state index contributed by atoms with van der Waals surface area (Å²) < 4.78 is 15.7. The Kier molecular flexibility index (Phi) is 3.54. The fourth-order valence-corrected chi connectivity index (χ4v) is 2.90. The number of amides is 1. The summed E-state index contributed by atoms with van der Waals surface area (Å²) in [6, 6.07) is 10.2. The van der Waals surface area contributed by atoms with Crippen LogP contribution in [-0.2, 0) is 16.0 Å². The van der Waals surface area contributed by atoms with Crippen LogP contribution in [-0.4, -0.2) is 24.8 Å². The minimum atomic E-state index is -0.908. The van der Waals surface area contributed by atoms with Gasteiger partial charge in [0, 0.05) is 18.6 Å². The Bertz CT molecular complexity index is 851. The van der Waals surface area contributed by atoms with Crippen LogP contribution in [0.1, 0.15) is 15.9 Å². The Hall–Kier alpha value is -2.73. The average molecular weight is 346 g/mol. The molecule has 0 aliphatic carbocycles. The van der Waals surface area contributed by atoms with Crippen LogP contribution in [0.4, 0.5) is 5.69 Å². The van der Waals surface area contributed by atoms with Crippen molar-refractivity contribution in [3.8, 4) is 11.5 Å². The smallest absolute Gasteiger partial charge is 0.339 e. The number of anilines is 1. The molecule has 0 bridgehead atoms. The van der Waals surface area contributed by atoms with Gasteiger partial charge in [-0.2, -0.15) is 0 Å². The lowest BCUT2D eigenvalue weighted by molar-refractivity contribution is -0.125. The van der Waals surface area contributed by atoms with Crippen LogP contribution in [0.5, 0.6) is 11.5 Å². The zero-order valence-corrected chi connectivity index (χ0v) is 13.1. The maximum absolute atomic E-state index is 12.5. The predicted molar refractivity (Wildman–Crippen MR) is 85.6 cm³/mol. The van der Waals surface area contributed by atoms with Gasteiger partial charge in [-0.15, -0.1) is 0 Å². The van der Waals surface area contributed by atoms with Gasteiger partial charge in [-0.25, -0.2) is 4.79 Å². The molecule has 2 aliphatic rings. The summed E-state index contributed by atoms with van der Waals surface area (Å²) in [7, 11) is 0. The Morgan fingerprint density at radius 3 is 2.75 bits per heavy atom. The molecule has 4 rings (SSSR count). The van der Waals surface area contributed by atoms with Gasteiger partial charge in [0.25, 0.3) is 5.91 Å². The molecule has 6 nitrogen and oxygen atoms in total. The summed E-state index contributed by atoms with van der Waals surface area (Å²) in [6.07, 6.45) is -0.593. The number of ether oxygens (including phenoxy) is 3. The number of hydrogen-bond acceptors (Lipinski definition) is 5. The van der Waals surface area contributed by atoms with Crippen LogP contribution in [0.15, 0.2) is 36.4 Å². The summed E-state index contributed by atoms with van der Waals surface area (Å²) >= 11 is 6.14. The van der Waals surface area contributed by atoms with E-state index in [9.17, 15) is 9.59 Å². The Morgan fingerprint density at radius 2 is 1.92 bits per heavy atom. The summed E-state index contributed by atoms with van der Waals surface area (Å²) in [4.78, 5) is 24.5. The number of hydrogen-bond donors (Lipinski definition) is 1. The Balaban J connectivity index is 1.55. The molecule has 2 aromatic carbocycles. The number of fused-ring (bicyclic) bond motifs is 2. The highest BCUT2D eigenvalue weighted by molar-refractivity contribution is 6.34. The quantitative estimate of drug-likeness (QED) is 0.847. The normalized spacial score (nSPS) is 17.9. The highest BCUT2D eigenvalue weighted by Gasteiger charge is 2.31. The minimum absolute atomic E-state index is 0.111. The first-order valence-corrected chi connectivity index (χ1v) is 7.68. The predicted octanol–water partition coefficient (Wildman–Crippen LogP) is 2.79. The molecule has 2 aromatic rings. The number of halogens is 1. The standard InChI is InChI=1S/C17H12ClNO5/c18-11-6-13-14(23-8-22-13)7-12(11)19-16(20)15-5-9-3-1-2-4-10(9)17(21)24-15/h1-4,6-7,15H,5,8H2,(H,19,20)/t15-/m1/s1. The summed E-state index contributed by atoms with van der Waals surface area (Å²) in [5.41, 5.74) is 1.65. The minimum Gasteiger partial charge on any atom is -0.454 e. The van der Waals surface area contributed by atoms with Crippen LogP contribution in [0, 0.1) is 0 Å². The van der Waals surface area contributed by atoms with Crippen LogP contribution in [0.2, 0.25) is 5.02 Å². The first kappa shape index (κ1) is 14.8. The van der Waals surface area contributed by atoms with E-state index in [1.807, 2.05) is 12.1 Å². The molecule has 0 spiro atoms. The second-order valence-corrected chi connectivity index (χ2v) is 5.84. The van der Waals surface area contributed by atoms with Gasteiger partial charge in [-0.05, 0) is 11.6 Å². The van der Waals surface area contributed by atoms with E-state index in [1.54, 1.807) is 24.3 Å². The first-order chi connectivity index (χ1) is 11.6. The van der Waals surface area contributed by atoms with Crippen molar-refractivity contribution in [2.24, 2.45) is 0 Å². The van der Waals surface area contributed by atoms with Crippen LogP contribution in [0.3, 0.4) is 0 Å². The lowest BCUT2D eigenvalue weighted by atomic mass is 9.98. The number of carbonyl (C=O) groups excluding carboxylic acids is 2. The molecule has 0 saturated carbocycles. The van der Waals surface area contributed by atoms with Gasteiger partial charge < -0.3 is 19.5 Å². The lowest BCUT2D eigenvalue weighted by Gasteiger charge is -2.24. The van der Waals surface area contributed by atoms with Crippen LogP contribution in [0.25, 0.3) is 0 Å². The monoisotopic (exact) mass is 345 g/mol. The lowest BCUT2D eigenvalue weighted by Crippen LogP contribution is -2.38. The van der Waals surface area contributed by atoms with E-state index >= 15 is 0 Å². The van der Waals surface area contributed by atoms with Gasteiger partial charge in [-0.1, -0.05) is 29.8 Å². The van der Waals surface area contributed by atoms with Gasteiger partial charge in [0.15, 0.2) is 17.6 Å². The third kappa shape index (κ3) is 2.55. The molecule has 1 amide bonds. The van der Waals surface area contributed by atoms with Gasteiger partial charge in [0.1, 0.15) is 0 Å². The Labute approximate surface area is 142 Å². The van der Waals surface area contributed by atoms with Gasteiger partial charge >= 0.3 is 5.97 Å². The first-order valence-electron chi connectivity index (χ1n) is 7.31. The molecule has 0 saturated heterocycles. The number of rotatable bonds is 2. The van der Waals surface area contributed by atoms with E-state index in [1.165, 1.54) is 0 Å². The maximum Gasteiger partial charge on any atom is 0.339 e. The van der Waals surface area contributed by atoms with Crippen molar-refractivity contribution in [1.82, 2.24) is 0 Å². The summed E-state index contributed by atoms with van der Waals surface area (Å²) in [5, 5.41) is 2.99. The number of cyclic esters (lactones) is 1. The average Bonchev–Trinajstić information content (AvgIpc) is 3.02. The van der Waals surface area contributed by atoms with E-state index in [4.69, 9.17) is 25.8 Å². The van der Waals surface area contributed by atoms with Crippen molar-refractivity contribution in [3.05, 3.63) is 52.5 Å². The van der Waals surface area contributed by atoms with Crippen molar-refractivity contribution in [1.29, 1.82) is 0 Å². The van der Waals surface area contributed by atoms with Gasteiger partial charge in [-0.3, -0.25) is 4.79 Å². The van der Waals surface area contributed by atoms with Crippen molar-refractivity contribution in [3.63, 3.8) is 0 Å². The zero-order chi connectivity index (χ0) is 16.7. The van der Waals surface area contributed by atoms with E-state index in [0.29, 0.717) is 34.2 Å². The molecule has 2 aliphatic heterocycles. The van der Waals surface area contributed by atoms with Gasteiger partial charge in [0.05, 0.1) is 16.3 Å². The Morgan fingerprint density at radius 1 is 1.17 bits per heavy atom. The molecule has 122 valence electrons. The third-order valence-corrected chi connectivity index (χ3v) is 4.22. The number of benzene rings is 2. The van der Waals surface area contributed by atoms with E-state index in [0.717, 1.165) is 5.56 Å². The summed E-state index contributed by atoms with van der Waals surface area (Å²) in [5.74, 6) is 0.0732. The summed E-state index contributed by atoms with van der Waals surface area (Å²) in [6.45, 7) is 0.111. The molecule has 1 atom stereocenters. The number of esters is 1. The molecule has 1 N–H and O–H groups in total. The SMILES string of the molecule is O=C1O[C@@H](C(=O)Nc2cc3c(cc2Cl)OCO3)Cc2ccccc21. The second kappa shape index (κ2) is 5.72. The molecule has 0 fully saturated rings. The van der Waals surface area contributed by atoms with E-state index in [-0.39, 0.29) is 6.79 Å². The largest absolute Gasteiger partial charge is 0.454 e. The maximum atomic E-state index is 12.5. The fourth-order valence-electron chi connectivity index (χ4n) is 2.70. The van der Waals surface area contributed by atoms with E-state index < -0.39 is 18.0 Å². The third-order valence-electron chi connectivity index (χ3n) is 3.90. The molecule has 0 unspecified atom stereocenters. The molecule has 0 radical (unpaired) electrons. The molecular formula is C17H12ClNO5. The highest BCUT2D eigenvalue weighted by Crippen LogP contribution is 2.39. The van der Waals surface area contributed by atoms with Gasteiger partial charge in [0.2, 0.25) is 6.79 Å². The highest BCUT2D eigenvalue weighted by atomic mass is 35.5. The van der Waals surface area contributed by atoms with Crippen LogP contribution >= 0.6 is 11.6 Å². The van der Waals surface area contributed by atoms with Crippen molar-refractivity contribution < 1.29 is 23.8 Å².